The minimum Gasteiger partial charge on any atom is -0.462 e. The number of oxime groups is 1. The van der Waals surface area contributed by atoms with Gasteiger partial charge in [-0.05, 0) is 6.07 Å². The Morgan fingerprint density at radius 3 is 3.19 bits per heavy atom. The van der Waals surface area contributed by atoms with Crippen molar-refractivity contribution < 1.29 is 8.70 Å². The molecule has 1 aliphatic rings. The van der Waals surface area contributed by atoms with Crippen molar-refractivity contribution in [3.63, 3.8) is 0 Å². The van der Waals surface area contributed by atoms with Gasteiger partial charge >= 0.3 is 0 Å². The largest absolute Gasteiger partial charge is 0.462 e. The zero-order valence-electron chi connectivity index (χ0n) is 8.07. The second-order valence-corrected chi connectivity index (χ2v) is 4.28. The van der Waals surface area contributed by atoms with E-state index in [-0.39, 0.29) is 0 Å². The van der Waals surface area contributed by atoms with Crippen molar-refractivity contribution in [1.29, 1.82) is 0 Å². The van der Waals surface area contributed by atoms with Crippen LogP contribution in [0.5, 0.6) is 0 Å². The van der Waals surface area contributed by atoms with E-state index < -0.39 is 0 Å². The van der Waals surface area contributed by atoms with Gasteiger partial charge in [-0.25, -0.2) is 0 Å². The molecule has 3 rings (SSSR count). The van der Waals surface area contributed by atoms with Gasteiger partial charge in [-0.2, -0.15) is 0 Å². The lowest BCUT2D eigenvalue weighted by atomic mass is 10.1. The molecular weight excluding hydrogens is 248 g/mol. The number of hydrogen-bond acceptors (Lipinski definition) is 5. The van der Waals surface area contributed by atoms with Crippen LogP contribution >= 0.6 is 23.8 Å². The molecular formula is C10H7ClN2O2S. The van der Waals surface area contributed by atoms with E-state index in [1.807, 2.05) is 18.2 Å². The molecule has 1 aliphatic heterocycles. The molecule has 16 heavy (non-hydrogen) atoms. The molecule has 0 unspecified atom stereocenters. The summed E-state index contributed by atoms with van der Waals surface area (Å²) in [6, 6.07) is 5.68. The molecule has 82 valence electrons. The van der Waals surface area contributed by atoms with Crippen LogP contribution in [-0.4, -0.2) is 5.84 Å². The Kier molecular flexibility index (Phi) is 2.41. The molecule has 2 heterocycles. The van der Waals surface area contributed by atoms with E-state index in [0.717, 1.165) is 29.0 Å². The third-order valence-corrected chi connectivity index (χ3v) is 3.10. The molecule has 0 amide bonds. The van der Waals surface area contributed by atoms with Crippen LogP contribution in [0.3, 0.4) is 0 Å². The summed E-state index contributed by atoms with van der Waals surface area (Å²) in [6.07, 6.45) is 2.34. The lowest BCUT2D eigenvalue weighted by Crippen LogP contribution is -2.13. The van der Waals surface area contributed by atoms with Gasteiger partial charge in [0.2, 0.25) is 12.2 Å². The first-order valence-electron chi connectivity index (χ1n) is 4.65. The zero-order valence-corrected chi connectivity index (χ0v) is 9.64. The van der Waals surface area contributed by atoms with Crippen molar-refractivity contribution in [2.75, 3.05) is 0 Å². The van der Waals surface area contributed by atoms with Gasteiger partial charge in [-0.3, -0.25) is 9.01 Å². The maximum absolute atomic E-state index is 6.02. The molecule has 0 atom stereocenters. The van der Waals surface area contributed by atoms with Crippen molar-refractivity contribution in [2.24, 2.45) is 5.16 Å². The predicted octanol–water partition coefficient (Wildman–Crippen LogP) is 3.13. The molecule has 6 heteroatoms. The quantitative estimate of drug-likeness (QED) is 0.661. The highest BCUT2D eigenvalue weighted by atomic mass is 35.5. The summed E-state index contributed by atoms with van der Waals surface area (Å²) in [4.78, 5) is 0. The van der Waals surface area contributed by atoms with Crippen LogP contribution in [0.2, 0.25) is 5.02 Å². The van der Waals surface area contributed by atoms with Gasteiger partial charge in [0.15, 0.2) is 11.4 Å². The molecule has 0 saturated carbocycles. The summed E-state index contributed by atoms with van der Waals surface area (Å²) in [6.45, 7) is 0. The summed E-state index contributed by atoms with van der Waals surface area (Å²) >= 11 is 7.12. The normalized spacial score (nSPS) is 14.7. The molecule has 0 radical (unpaired) electrons. The van der Waals surface area contributed by atoms with Crippen LogP contribution in [-0.2, 0) is 10.7 Å². The van der Waals surface area contributed by atoms with Crippen LogP contribution < -0.4 is 4.72 Å². The molecule has 1 N–H and O–H groups in total. The minimum atomic E-state index is 0.621. The zero-order chi connectivity index (χ0) is 11.0. The van der Waals surface area contributed by atoms with Crippen molar-refractivity contribution in [2.45, 2.75) is 6.42 Å². The van der Waals surface area contributed by atoms with E-state index in [4.69, 9.17) is 20.3 Å². The summed E-state index contributed by atoms with van der Waals surface area (Å²) < 4.78 is 13.2. The van der Waals surface area contributed by atoms with Crippen molar-refractivity contribution in [1.82, 2.24) is 4.72 Å². The van der Waals surface area contributed by atoms with E-state index in [0.29, 0.717) is 17.0 Å². The number of fused-ring (bicyclic) bond motifs is 1. The Hall–Kier alpha value is -1.33. The summed E-state index contributed by atoms with van der Waals surface area (Å²) in [5.74, 6) is 0.771. The maximum atomic E-state index is 6.02. The number of nitrogens with one attached hydrogen (secondary N) is 1. The maximum Gasteiger partial charge on any atom is 0.208 e. The molecule has 0 aliphatic carbocycles. The third-order valence-electron chi connectivity index (χ3n) is 2.33. The van der Waals surface area contributed by atoms with Gasteiger partial charge in [0, 0.05) is 17.4 Å². The standard InChI is InChI=1S/C10H7ClN2O2S/c11-8-3-1-2-7-6(5-14-10(7)8)4-9-12-15-16-13-9/h1-3,5H,4H2,(H,12,13). The fourth-order valence-corrected chi connectivity index (χ4v) is 2.20. The summed E-state index contributed by atoms with van der Waals surface area (Å²) in [5.41, 5.74) is 1.75. The second kappa shape index (κ2) is 3.92. The van der Waals surface area contributed by atoms with Gasteiger partial charge in [-0.15, -0.1) is 0 Å². The average molecular weight is 255 g/mol. The second-order valence-electron chi connectivity index (χ2n) is 3.35. The number of halogens is 1. The highest BCUT2D eigenvalue weighted by Crippen LogP contribution is 2.28. The van der Waals surface area contributed by atoms with E-state index in [1.165, 1.54) is 0 Å². The van der Waals surface area contributed by atoms with E-state index in [2.05, 4.69) is 9.88 Å². The van der Waals surface area contributed by atoms with Crippen molar-refractivity contribution in [3.05, 3.63) is 35.0 Å². The smallest absolute Gasteiger partial charge is 0.208 e. The number of nitrogens with zero attached hydrogens (tertiary/aromatic N) is 1. The first kappa shape index (κ1) is 9.86. The fraction of sp³-hybridized carbons (Fsp3) is 0.100. The summed E-state index contributed by atoms with van der Waals surface area (Å²) in [5, 5.41) is 5.46. The first-order chi connectivity index (χ1) is 7.84. The van der Waals surface area contributed by atoms with Gasteiger partial charge < -0.3 is 4.42 Å². The molecule has 0 fully saturated rings. The Labute approximate surface area is 101 Å². The Morgan fingerprint density at radius 1 is 1.44 bits per heavy atom. The minimum absolute atomic E-state index is 0.621. The average Bonchev–Trinajstić information content (AvgIpc) is 2.90. The van der Waals surface area contributed by atoms with Crippen LogP contribution in [0, 0.1) is 0 Å². The van der Waals surface area contributed by atoms with Gasteiger partial charge in [0.1, 0.15) is 0 Å². The summed E-state index contributed by atoms with van der Waals surface area (Å²) in [7, 11) is 0. The fourth-order valence-electron chi connectivity index (χ4n) is 1.61. The molecule has 1 aromatic carbocycles. The number of rotatable bonds is 2. The van der Waals surface area contributed by atoms with Gasteiger partial charge in [0.05, 0.1) is 11.3 Å². The van der Waals surface area contributed by atoms with Crippen LogP contribution in [0.15, 0.2) is 34.0 Å². The molecule has 0 bridgehead atoms. The molecule has 2 aromatic rings. The molecule has 4 nitrogen and oxygen atoms in total. The van der Waals surface area contributed by atoms with E-state index in [9.17, 15) is 0 Å². The van der Waals surface area contributed by atoms with Gasteiger partial charge in [0.25, 0.3) is 0 Å². The van der Waals surface area contributed by atoms with Crippen LogP contribution in [0.1, 0.15) is 5.56 Å². The number of amidine groups is 1. The van der Waals surface area contributed by atoms with Crippen LogP contribution in [0.25, 0.3) is 11.0 Å². The van der Waals surface area contributed by atoms with Crippen molar-refractivity contribution in [3.8, 4) is 0 Å². The number of benzene rings is 1. The first-order valence-corrected chi connectivity index (χ1v) is 5.77. The third kappa shape index (κ3) is 1.62. The van der Waals surface area contributed by atoms with E-state index >= 15 is 0 Å². The Bertz CT molecular complexity index is 567. The Balaban J connectivity index is 2.01. The number of hydrogen-bond donors (Lipinski definition) is 1. The Morgan fingerprint density at radius 2 is 2.38 bits per heavy atom. The predicted molar refractivity (Wildman–Crippen MR) is 64.2 cm³/mol. The topological polar surface area (TPSA) is 46.8 Å². The van der Waals surface area contributed by atoms with E-state index in [1.54, 1.807) is 6.26 Å². The highest BCUT2D eigenvalue weighted by molar-refractivity contribution is 7.93. The van der Waals surface area contributed by atoms with Gasteiger partial charge in [-0.1, -0.05) is 28.9 Å². The number of furan rings is 1. The van der Waals surface area contributed by atoms with Crippen molar-refractivity contribution >= 4 is 40.6 Å². The SMILES string of the molecule is Clc1cccc2c(CC3=NOSN3)coc12. The highest BCUT2D eigenvalue weighted by Gasteiger charge is 2.14. The lowest BCUT2D eigenvalue weighted by molar-refractivity contribution is 0.415. The van der Waals surface area contributed by atoms with Crippen LogP contribution in [0.4, 0.5) is 0 Å². The molecule has 0 spiro atoms. The molecule has 0 saturated heterocycles. The lowest BCUT2D eigenvalue weighted by Gasteiger charge is -1.96. The number of para-hydroxylation sites is 1. The molecule has 1 aromatic heterocycles. The monoisotopic (exact) mass is 254 g/mol.